The highest BCUT2D eigenvalue weighted by atomic mass is 16.5. The average Bonchev–Trinajstić information content (AvgIpc) is 2.52. The first kappa shape index (κ1) is 19.8. The van der Waals surface area contributed by atoms with Gasteiger partial charge >= 0.3 is 17.8 Å². The van der Waals surface area contributed by atoms with Gasteiger partial charge < -0.3 is 15.3 Å². The molecule has 0 atom stereocenters. The van der Waals surface area contributed by atoms with Gasteiger partial charge in [-0.1, -0.05) is 11.2 Å². The van der Waals surface area contributed by atoms with Crippen molar-refractivity contribution in [1.82, 2.24) is 5.43 Å². The van der Waals surface area contributed by atoms with Crippen LogP contribution in [-0.4, -0.2) is 41.0 Å². The molecular formula is C16H20N4O5. The molecule has 3 N–H and O–H groups in total. The van der Waals surface area contributed by atoms with E-state index in [2.05, 4.69) is 20.3 Å². The van der Waals surface area contributed by atoms with Gasteiger partial charge in [-0.2, -0.15) is 5.10 Å². The summed E-state index contributed by atoms with van der Waals surface area (Å²) in [6.07, 6.45) is 0. The van der Waals surface area contributed by atoms with Crippen LogP contribution in [0.4, 0.5) is 5.69 Å². The molecule has 25 heavy (non-hydrogen) atoms. The van der Waals surface area contributed by atoms with Gasteiger partial charge in [-0.05, 0) is 51.0 Å². The Kier molecular flexibility index (Phi) is 7.26. The number of hydrazone groups is 1. The maximum Gasteiger partial charge on any atom is 0.362 e. The Morgan fingerprint density at radius 1 is 1.12 bits per heavy atom. The number of amides is 2. The molecule has 0 heterocycles. The summed E-state index contributed by atoms with van der Waals surface area (Å²) in [7, 11) is 0. The van der Waals surface area contributed by atoms with Crippen LogP contribution in [0, 0.1) is 13.8 Å². The lowest BCUT2D eigenvalue weighted by molar-refractivity contribution is -0.136. The van der Waals surface area contributed by atoms with Crippen molar-refractivity contribution in [3.8, 4) is 0 Å². The maximum atomic E-state index is 11.9. The third kappa shape index (κ3) is 6.05. The van der Waals surface area contributed by atoms with Crippen LogP contribution >= 0.6 is 0 Å². The van der Waals surface area contributed by atoms with E-state index in [1.54, 1.807) is 19.1 Å². The number of carbonyl (C=O) groups is 3. The van der Waals surface area contributed by atoms with Crippen LogP contribution in [0.5, 0.6) is 0 Å². The van der Waals surface area contributed by atoms with Crippen LogP contribution in [0.1, 0.15) is 25.0 Å². The molecule has 1 rings (SSSR count). The maximum absolute atomic E-state index is 11.9. The van der Waals surface area contributed by atoms with Crippen LogP contribution in [0.25, 0.3) is 0 Å². The van der Waals surface area contributed by atoms with Crippen molar-refractivity contribution in [3.05, 3.63) is 29.3 Å². The zero-order valence-corrected chi connectivity index (χ0v) is 14.4. The van der Waals surface area contributed by atoms with Crippen molar-refractivity contribution in [2.24, 2.45) is 10.3 Å². The monoisotopic (exact) mass is 348 g/mol. The molecule has 0 saturated heterocycles. The molecule has 0 saturated carbocycles. The summed E-state index contributed by atoms with van der Waals surface area (Å²) >= 11 is 0. The van der Waals surface area contributed by atoms with Crippen LogP contribution in [0.3, 0.4) is 0 Å². The molecule has 1 aromatic carbocycles. The molecular weight excluding hydrogens is 328 g/mol. The number of benzene rings is 1. The Labute approximate surface area is 144 Å². The summed E-state index contributed by atoms with van der Waals surface area (Å²) in [6.45, 7) is 6.70. The predicted octanol–water partition coefficient (Wildman–Crippen LogP) is 1.13. The van der Waals surface area contributed by atoms with Crippen molar-refractivity contribution in [1.29, 1.82) is 0 Å². The van der Waals surface area contributed by atoms with Crippen LogP contribution < -0.4 is 10.7 Å². The van der Waals surface area contributed by atoms with E-state index in [-0.39, 0.29) is 12.3 Å². The van der Waals surface area contributed by atoms with Crippen molar-refractivity contribution in [3.63, 3.8) is 0 Å². The van der Waals surface area contributed by atoms with Gasteiger partial charge in [-0.3, -0.25) is 9.59 Å². The molecule has 134 valence electrons. The number of rotatable bonds is 5. The second-order valence-corrected chi connectivity index (χ2v) is 5.14. The zero-order valence-electron chi connectivity index (χ0n) is 14.4. The standard InChI is InChI=1S/C16H20N4O5/c1-5-25-16(23)13(20-24)11(4)18-19-15(22)14(21)17-12-7-9(2)6-10(3)8-12/h6-8,24H,5H2,1-4H3,(H,17,21)(H,19,22). The molecule has 9 heteroatoms. The van der Waals surface area contributed by atoms with Crippen molar-refractivity contribution < 1.29 is 24.3 Å². The van der Waals surface area contributed by atoms with Gasteiger partial charge in [0.25, 0.3) is 0 Å². The molecule has 0 aromatic heterocycles. The van der Waals surface area contributed by atoms with Crippen LogP contribution in [0.15, 0.2) is 28.5 Å². The Bertz CT molecular complexity index is 720. The second kappa shape index (κ2) is 9.16. The number of nitrogens with one attached hydrogen (secondary N) is 2. The molecule has 2 amide bonds. The summed E-state index contributed by atoms with van der Waals surface area (Å²) in [5, 5.41) is 17.6. The van der Waals surface area contributed by atoms with E-state index in [9.17, 15) is 14.4 Å². The first-order valence-electron chi connectivity index (χ1n) is 7.42. The highest BCUT2D eigenvalue weighted by molar-refractivity contribution is 6.65. The Morgan fingerprint density at radius 3 is 2.24 bits per heavy atom. The highest BCUT2D eigenvalue weighted by Crippen LogP contribution is 2.13. The molecule has 0 bridgehead atoms. The number of oxime groups is 1. The molecule has 0 aliphatic carbocycles. The highest BCUT2D eigenvalue weighted by Gasteiger charge is 2.19. The lowest BCUT2D eigenvalue weighted by Crippen LogP contribution is -2.34. The quantitative estimate of drug-likeness (QED) is 0.241. The summed E-state index contributed by atoms with van der Waals surface area (Å²) in [6, 6.07) is 5.35. The lowest BCUT2D eigenvalue weighted by Gasteiger charge is -2.07. The number of carbonyl (C=O) groups excluding carboxylic acids is 3. The molecule has 0 radical (unpaired) electrons. The van der Waals surface area contributed by atoms with E-state index < -0.39 is 23.5 Å². The van der Waals surface area contributed by atoms with Crippen LogP contribution in [0.2, 0.25) is 0 Å². The molecule has 0 aliphatic heterocycles. The number of ether oxygens (including phenoxy) is 1. The Morgan fingerprint density at radius 2 is 1.72 bits per heavy atom. The van der Waals surface area contributed by atoms with E-state index in [0.29, 0.717) is 5.69 Å². The van der Waals surface area contributed by atoms with E-state index >= 15 is 0 Å². The van der Waals surface area contributed by atoms with Gasteiger partial charge in [0.1, 0.15) is 0 Å². The molecule has 9 nitrogen and oxygen atoms in total. The van der Waals surface area contributed by atoms with E-state index in [1.165, 1.54) is 6.92 Å². The van der Waals surface area contributed by atoms with Gasteiger partial charge in [0.15, 0.2) is 0 Å². The molecule has 0 unspecified atom stereocenters. The lowest BCUT2D eigenvalue weighted by atomic mass is 10.1. The summed E-state index contributed by atoms with van der Waals surface area (Å²) < 4.78 is 4.67. The Balaban J connectivity index is 2.74. The largest absolute Gasteiger partial charge is 0.461 e. The molecule has 0 aliphatic rings. The van der Waals surface area contributed by atoms with Crippen LogP contribution in [-0.2, 0) is 19.1 Å². The van der Waals surface area contributed by atoms with Gasteiger partial charge in [-0.15, -0.1) is 0 Å². The van der Waals surface area contributed by atoms with Gasteiger partial charge in [0, 0.05) is 5.69 Å². The van der Waals surface area contributed by atoms with Crippen molar-refractivity contribution in [2.45, 2.75) is 27.7 Å². The van der Waals surface area contributed by atoms with Gasteiger partial charge in [-0.25, -0.2) is 10.2 Å². The number of aryl methyl sites for hydroxylation is 2. The number of anilines is 1. The average molecular weight is 348 g/mol. The van der Waals surface area contributed by atoms with Crippen molar-refractivity contribution >= 4 is 34.9 Å². The summed E-state index contributed by atoms with van der Waals surface area (Å²) in [5.74, 6) is -2.87. The SMILES string of the molecule is CCOC(=O)C(=NO)C(C)=NNC(=O)C(=O)Nc1cc(C)cc(C)c1. The predicted molar refractivity (Wildman–Crippen MR) is 91.7 cm³/mol. The van der Waals surface area contributed by atoms with E-state index in [4.69, 9.17) is 5.21 Å². The van der Waals surface area contributed by atoms with Gasteiger partial charge in [0.05, 0.1) is 12.3 Å². The fraction of sp³-hybridized carbons (Fsp3) is 0.312. The fourth-order valence-corrected chi connectivity index (χ4v) is 1.93. The fourth-order valence-electron chi connectivity index (χ4n) is 1.93. The number of esters is 1. The first-order valence-corrected chi connectivity index (χ1v) is 7.42. The van der Waals surface area contributed by atoms with E-state index in [1.807, 2.05) is 25.3 Å². The molecule has 1 aromatic rings. The smallest absolute Gasteiger partial charge is 0.362 e. The molecule has 0 fully saturated rings. The summed E-state index contributed by atoms with van der Waals surface area (Å²) in [4.78, 5) is 35.2. The third-order valence-electron chi connectivity index (χ3n) is 2.92. The molecule has 0 spiro atoms. The van der Waals surface area contributed by atoms with Crippen molar-refractivity contribution in [2.75, 3.05) is 11.9 Å². The van der Waals surface area contributed by atoms with E-state index in [0.717, 1.165) is 11.1 Å². The summed E-state index contributed by atoms with van der Waals surface area (Å²) in [5.41, 5.74) is 3.73. The topological polar surface area (TPSA) is 129 Å². The minimum atomic E-state index is -1.04. The number of hydrogen-bond donors (Lipinski definition) is 3. The minimum absolute atomic E-state index is 0.0792. The third-order valence-corrected chi connectivity index (χ3v) is 2.92. The number of nitrogens with zero attached hydrogens (tertiary/aromatic N) is 2. The Hall–Kier alpha value is -3.23. The first-order chi connectivity index (χ1) is 11.8. The van der Waals surface area contributed by atoms with Gasteiger partial charge in [0.2, 0.25) is 5.71 Å². The second-order valence-electron chi connectivity index (χ2n) is 5.14. The zero-order chi connectivity index (χ0) is 19.0. The minimum Gasteiger partial charge on any atom is -0.461 e. The number of hydrogen-bond acceptors (Lipinski definition) is 7. The normalized spacial score (nSPS) is 11.7.